The molecule has 0 saturated carbocycles. The zero-order valence-electron chi connectivity index (χ0n) is 15.1. The third kappa shape index (κ3) is 4.69. The molecule has 6 nitrogen and oxygen atoms in total. The Bertz CT molecular complexity index is 836. The molecule has 1 aromatic heterocycles. The van der Waals surface area contributed by atoms with Crippen LogP contribution in [0.4, 0.5) is 17.5 Å². The molecule has 3 rings (SSSR count). The molecule has 0 saturated heterocycles. The standard InChI is InChI=1S/C20H23N5O/c1-3-16-6-4-5-7-18(16)23-19-14-22-25-20(24-19)21-13-12-15-8-10-17(26-2)11-9-15/h4-11,14H,3,12-13H2,1-2H3,(H2,21,23,24,25). The molecule has 0 aliphatic carbocycles. The lowest BCUT2D eigenvalue weighted by atomic mass is 10.1. The first-order valence-corrected chi connectivity index (χ1v) is 8.70. The van der Waals surface area contributed by atoms with E-state index in [1.54, 1.807) is 13.3 Å². The van der Waals surface area contributed by atoms with E-state index in [1.807, 2.05) is 30.3 Å². The molecule has 0 unspecified atom stereocenters. The van der Waals surface area contributed by atoms with Crippen LogP contribution in [0, 0.1) is 0 Å². The van der Waals surface area contributed by atoms with Crippen molar-refractivity contribution in [3.05, 3.63) is 65.9 Å². The van der Waals surface area contributed by atoms with Crippen molar-refractivity contribution in [3.8, 4) is 5.75 Å². The van der Waals surface area contributed by atoms with Gasteiger partial charge in [0, 0.05) is 12.2 Å². The Balaban J connectivity index is 1.58. The number of hydrogen-bond donors (Lipinski definition) is 2. The van der Waals surface area contributed by atoms with Crippen LogP contribution in [0.25, 0.3) is 0 Å². The average Bonchev–Trinajstić information content (AvgIpc) is 2.69. The number of benzene rings is 2. The summed E-state index contributed by atoms with van der Waals surface area (Å²) in [6.07, 6.45) is 3.44. The number of hydrogen-bond acceptors (Lipinski definition) is 6. The minimum absolute atomic E-state index is 0.512. The molecule has 3 aromatic rings. The SMILES string of the molecule is CCc1ccccc1Nc1cnnc(NCCc2ccc(OC)cc2)n1. The van der Waals surface area contributed by atoms with Crippen LogP contribution in [-0.4, -0.2) is 28.8 Å². The van der Waals surface area contributed by atoms with Crippen LogP contribution in [0.15, 0.2) is 54.7 Å². The number of aryl methyl sites for hydroxylation is 1. The topological polar surface area (TPSA) is 72.0 Å². The van der Waals surface area contributed by atoms with E-state index in [2.05, 4.69) is 50.9 Å². The molecule has 0 amide bonds. The highest BCUT2D eigenvalue weighted by molar-refractivity contribution is 5.60. The largest absolute Gasteiger partial charge is 0.497 e. The number of nitrogens with zero attached hydrogens (tertiary/aromatic N) is 3. The number of anilines is 3. The molecule has 0 aliphatic heterocycles. The number of para-hydroxylation sites is 1. The average molecular weight is 349 g/mol. The van der Waals surface area contributed by atoms with Crippen molar-refractivity contribution in [2.24, 2.45) is 0 Å². The van der Waals surface area contributed by atoms with Crippen LogP contribution < -0.4 is 15.4 Å². The Morgan fingerprint density at radius 1 is 1.04 bits per heavy atom. The predicted molar refractivity (Wildman–Crippen MR) is 104 cm³/mol. The molecule has 1 heterocycles. The van der Waals surface area contributed by atoms with Crippen molar-refractivity contribution in [1.29, 1.82) is 0 Å². The van der Waals surface area contributed by atoms with Gasteiger partial charge in [-0.1, -0.05) is 37.3 Å². The van der Waals surface area contributed by atoms with Gasteiger partial charge >= 0.3 is 0 Å². The van der Waals surface area contributed by atoms with Gasteiger partial charge in [-0.05, 0) is 42.2 Å². The number of methoxy groups -OCH3 is 1. The van der Waals surface area contributed by atoms with E-state index in [1.165, 1.54) is 11.1 Å². The van der Waals surface area contributed by atoms with Gasteiger partial charge in [0.15, 0.2) is 5.82 Å². The van der Waals surface area contributed by atoms with E-state index < -0.39 is 0 Å². The third-order valence-electron chi connectivity index (χ3n) is 4.08. The van der Waals surface area contributed by atoms with E-state index in [0.29, 0.717) is 11.8 Å². The monoisotopic (exact) mass is 349 g/mol. The van der Waals surface area contributed by atoms with Crippen LogP contribution >= 0.6 is 0 Å². The highest BCUT2D eigenvalue weighted by atomic mass is 16.5. The Kier molecular flexibility index (Phi) is 5.98. The molecular weight excluding hydrogens is 326 g/mol. The Hall–Kier alpha value is -3.15. The number of ether oxygens (including phenoxy) is 1. The molecule has 0 aliphatic rings. The highest BCUT2D eigenvalue weighted by Crippen LogP contribution is 2.20. The fraction of sp³-hybridized carbons (Fsp3) is 0.250. The van der Waals surface area contributed by atoms with Gasteiger partial charge in [-0.15, -0.1) is 5.10 Å². The molecular formula is C20H23N5O. The molecule has 0 bridgehead atoms. The Labute approximate surface area is 153 Å². The molecule has 0 spiro atoms. The van der Waals surface area contributed by atoms with Gasteiger partial charge in [0.25, 0.3) is 0 Å². The second-order valence-electron chi connectivity index (χ2n) is 5.83. The smallest absolute Gasteiger partial charge is 0.244 e. The normalized spacial score (nSPS) is 10.4. The quantitative estimate of drug-likeness (QED) is 0.644. The first-order chi connectivity index (χ1) is 12.8. The van der Waals surface area contributed by atoms with Gasteiger partial charge in [-0.2, -0.15) is 10.1 Å². The number of rotatable bonds is 8. The van der Waals surface area contributed by atoms with E-state index >= 15 is 0 Å². The molecule has 0 atom stereocenters. The van der Waals surface area contributed by atoms with Gasteiger partial charge in [0.2, 0.25) is 5.95 Å². The second kappa shape index (κ2) is 8.80. The van der Waals surface area contributed by atoms with E-state index in [9.17, 15) is 0 Å². The maximum absolute atomic E-state index is 5.17. The Morgan fingerprint density at radius 3 is 2.62 bits per heavy atom. The second-order valence-corrected chi connectivity index (χ2v) is 5.83. The highest BCUT2D eigenvalue weighted by Gasteiger charge is 2.04. The first-order valence-electron chi connectivity index (χ1n) is 8.70. The summed E-state index contributed by atoms with van der Waals surface area (Å²) < 4.78 is 5.17. The first kappa shape index (κ1) is 17.7. The predicted octanol–water partition coefficient (Wildman–Crippen LogP) is 3.84. The summed E-state index contributed by atoms with van der Waals surface area (Å²) in [6.45, 7) is 2.86. The molecule has 6 heteroatoms. The van der Waals surface area contributed by atoms with Crippen molar-refractivity contribution >= 4 is 17.5 Å². The molecule has 2 aromatic carbocycles. The lowest BCUT2D eigenvalue weighted by Gasteiger charge is -2.10. The van der Waals surface area contributed by atoms with Crippen molar-refractivity contribution in [2.45, 2.75) is 19.8 Å². The van der Waals surface area contributed by atoms with E-state index in [4.69, 9.17) is 4.74 Å². The summed E-state index contributed by atoms with van der Waals surface area (Å²) in [7, 11) is 1.67. The van der Waals surface area contributed by atoms with Gasteiger partial charge in [-0.3, -0.25) is 0 Å². The summed E-state index contributed by atoms with van der Waals surface area (Å²) in [4.78, 5) is 4.49. The van der Waals surface area contributed by atoms with E-state index in [0.717, 1.165) is 30.8 Å². The number of nitrogens with one attached hydrogen (secondary N) is 2. The van der Waals surface area contributed by atoms with Gasteiger partial charge in [0.1, 0.15) is 5.75 Å². The van der Waals surface area contributed by atoms with Gasteiger partial charge in [-0.25, -0.2) is 0 Å². The van der Waals surface area contributed by atoms with Crippen LogP contribution in [0.5, 0.6) is 5.75 Å². The fourth-order valence-corrected chi connectivity index (χ4v) is 2.64. The summed E-state index contributed by atoms with van der Waals surface area (Å²) >= 11 is 0. The van der Waals surface area contributed by atoms with Crippen LogP contribution in [0.2, 0.25) is 0 Å². The summed E-state index contributed by atoms with van der Waals surface area (Å²) in [5.74, 6) is 2.05. The Morgan fingerprint density at radius 2 is 1.85 bits per heavy atom. The minimum Gasteiger partial charge on any atom is -0.497 e. The van der Waals surface area contributed by atoms with Crippen LogP contribution in [0.1, 0.15) is 18.1 Å². The van der Waals surface area contributed by atoms with E-state index in [-0.39, 0.29) is 0 Å². The minimum atomic E-state index is 0.512. The summed E-state index contributed by atoms with van der Waals surface area (Å²) in [5.41, 5.74) is 3.50. The van der Waals surface area contributed by atoms with Crippen molar-refractivity contribution in [1.82, 2.24) is 15.2 Å². The molecule has 26 heavy (non-hydrogen) atoms. The summed E-state index contributed by atoms with van der Waals surface area (Å²) in [5, 5.41) is 14.6. The zero-order valence-corrected chi connectivity index (χ0v) is 15.1. The fourth-order valence-electron chi connectivity index (χ4n) is 2.64. The zero-order chi connectivity index (χ0) is 18.2. The lowest BCUT2D eigenvalue weighted by Crippen LogP contribution is -2.10. The van der Waals surface area contributed by atoms with Crippen molar-refractivity contribution in [3.63, 3.8) is 0 Å². The maximum atomic E-state index is 5.17. The summed E-state index contributed by atoms with van der Waals surface area (Å²) in [6, 6.07) is 16.2. The molecule has 134 valence electrons. The van der Waals surface area contributed by atoms with Gasteiger partial charge < -0.3 is 15.4 Å². The maximum Gasteiger partial charge on any atom is 0.244 e. The molecule has 0 fully saturated rings. The molecule has 0 radical (unpaired) electrons. The third-order valence-corrected chi connectivity index (χ3v) is 4.08. The lowest BCUT2D eigenvalue weighted by molar-refractivity contribution is 0.414. The van der Waals surface area contributed by atoms with Crippen LogP contribution in [-0.2, 0) is 12.8 Å². The van der Waals surface area contributed by atoms with Crippen molar-refractivity contribution < 1.29 is 4.74 Å². The molecule has 2 N–H and O–H groups in total. The van der Waals surface area contributed by atoms with Crippen LogP contribution in [0.3, 0.4) is 0 Å². The number of aromatic nitrogens is 3. The van der Waals surface area contributed by atoms with Gasteiger partial charge in [0.05, 0.1) is 13.3 Å². The van der Waals surface area contributed by atoms with Crippen molar-refractivity contribution in [2.75, 3.05) is 24.3 Å².